The van der Waals surface area contributed by atoms with Gasteiger partial charge in [-0.25, -0.2) is 9.69 Å². The lowest BCUT2D eigenvalue weighted by Gasteiger charge is -2.37. The molecular weight excluding hydrogens is 626 g/mol. The zero-order valence-electron chi connectivity index (χ0n) is 26.8. The minimum absolute atomic E-state index is 0.0417. The Morgan fingerprint density at radius 2 is 1.29 bits per heavy atom. The molecule has 0 radical (unpaired) electrons. The van der Waals surface area contributed by atoms with Gasteiger partial charge in [-0.1, -0.05) is 66.7 Å². The Kier molecular flexibility index (Phi) is 8.55. The predicted octanol–water partition coefficient (Wildman–Crippen LogP) is 4.72. The fourth-order valence-corrected chi connectivity index (χ4v) is 6.46. The number of nitrogens with zero attached hydrogens (tertiary/aromatic N) is 3. The van der Waals surface area contributed by atoms with E-state index in [4.69, 9.17) is 18.9 Å². The summed E-state index contributed by atoms with van der Waals surface area (Å²) in [5, 5.41) is 11.2. The van der Waals surface area contributed by atoms with Gasteiger partial charge in [0.15, 0.2) is 0 Å². The third kappa shape index (κ3) is 5.67. The van der Waals surface area contributed by atoms with Crippen molar-refractivity contribution in [3.8, 4) is 11.5 Å². The first-order valence-corrected chi connectivity index (χ1v) is 15.7. The molecule has 0 unspecified atom stereocenters. The number of methoxy groups -OCH3 is 2. The van der Waals surface area contributed by atoms with Crippen molar-refractivity contribution in [3.63, 3.8) is 0 Å². The predicted molar refractivity (Wildman–Crippen MR) is 179 cm³/mol. The van der Waals surface area contributed by atoms with Crippen LogP contribution in [0.2, 0.25) is 0 Å². The van der Waals surface area contributed by atoms with Crippen LogP contribution in [0.3, 0.4) is 0 Å². The number of rotatable bonds is 10. The Bertz CT molecular complexity index is 1960. The zero-order valence-corrected chi connectivity index (χ0v) is 26.8. The van der Waals surface area contributed by atoms with Gasteiger partial charge >= 0.3 is 5.69 Å². The molecule has 1 aromatic heterocycles. The van der Waals surface area contributed by atoms with Crippen molar-refractivity contribution >= 4 is 17.6 Å². The van der Waals surface area contributed by atoms with Gasteiger partial charge in [-0.2, -0.15) is 4.98 Å². The lowest BCUT2D eigenvalue weighted by Crippen LogP contribution is -2.38. The molecule has 3 atom stereocenters. The fourth-order valence-electron chi connectivity index (χ4n) is 6.46. The third-order valence-electron chi connectivity index (χ3n) is 8.99. The van der Waals surface area contributed by atoms with Crippen LogP contribution in [0.4, 0.5) is 5.82 Å². The first-order chi connectivity index (χ1) is 23.8. The Morgan fingerprint density at radius 1 is 0.755 bits per heavy atom. The minimum Gasteiger partial charge on any atom is -0.497 e. The Balaban J connectivity index is 1.17. The highest BCUT2D eigenvalue weighted by Gasteiger charge is 2.43. The maximum atomic E-state index is 13.2. The summed E-state index contributed by atoms with van der Waals surface area (Å²) >= 11 is 0. The third-order valence-corrected chi connectivity index (χ3v) is 8.99. The summed E-state index contributed by atoms with van der Waals surface area (Å²) < 4.78 is 25.2. The van der Waals surface area contributed by atoms with E-state index in [0.29, 0.717) is 11.5 Å². The zero-order chi connectivity index (χ0) is 34.1. The highest BCUT2D eigenvalue weighted by atomic mass is 16.6. The average molecular weight is 660 g/mol. The highest BCUT2D eigenvalue weighted by Crippen LogP contribution is 2.42. The van der Waals surface area contributed by atoms with E-state index in [1.165, 1.54) is 16.8 Å². The maximum absolute atomic E-state index is 13.2. The van der Waals surface area contributed by atoms with Gasteiger partial charge in [0.2, 0.25) is 0 Å². The normalized spacial score (nSPS) is 18.8. The number of aliphatic hydroxyl groups excluding tert-OH is 1. The second kappa shape index (κ2) is 13.1. The number of ether oxygens (including phenoxy) is 4. The molecule has 3 heterocycles. The molecule has 1 saturated heterocycles. The number of hydrogen-bond donors (Lipinski definition) is 1. The fraction of sp³-hybridized carbons (Fsp3) is 0.211. The molecular formula is C38H33N3O8. The van der Waals surface area contributed by atoms with Gasteiger partial charge in [0, 0.05) is 12.6 Å². The molecule has 2 amide bonds. The van der Waals surface area contributed by atoms with E-state index in [2.05, 4.69) is 4.98 Å². The van der Waals surface area contributed by atoms with Crippen molar-refractivity contribution in [2.75, 3.05) is 25.7 Å². The lowest BCUT2D eigenvalue weighted by molar-refractivity contribution is -0.0944. The maximum Gasteiger partial charge on any atom is 0.351 e. The smallest absolute Gasteiger partial charge is 0.351 e. The van der Waals surface area contributed by atoms with E-state index in [1.807, 2.05) is 78.9 Å². The molecule has 0 saturated carbocycles. The second-order valence-corrected chi connectivity index (χ2v) is 11.7. The Morgan fingerprint density at radius 3 is 1.82 bits per heavy atom. The van der Waals surface area contributed by atoms with Gasteiger partial charge < -0.3 is 24.1 Å². The van der Waals surface area contributed by atoms with Crippen molar-refractivity contribution in [3.05, 3.63) is 154 Å². The lowest BCUT2D eigenvalue weighted by atomic mass is 9.80. The summed E-state index contributed by atoms with van der Waals surface area (Å²) in [5.74, 6) is 0.186. The molecule has 0 bridgehead atoms. The van der Waals surface area contributed by atoms with Crippen molar-refractivity contribution in [1.82, 2.24) is 9.55 Å². The molecule has 11 heteroatoms. The molecule has 7 rings (SSSR count). The Labute approximate surface area is 281 Å². The minimum atomic E-state index is -1.13. The number of carbonyl (C=O) groups excluding carboxylic acids is 2. The highest BCUT2D eigenvalue weighted by molar-refractivity contribution is 6.34. The molecule has 4 aromatic carbocycles. The number of aromatic nitrogens is 2. The van der Waals surface area contributed by atoms with Crippen LogP contribution in [-0.4, -0.2) is 59.5 Å². The number of anilines is 1. The van der Waals surface area contributed by atoms with Crippen LogP contribution in [0, 0.1) is 0 Å². The summed E-state index contributed by atoms with van der Waals surface area (Å²) in [6, 6.07) is 32.8. The van der Waals surface area contributed by atoms with Gasteiger partial charge in [-0.3, -0.25) is 14.2 Å². The molecule has 2 aliphatic heterocycles. The van der Waals surface area contributed by atoms with Crippen LogP contribution < -0.4 is 20.1 Å². The monoisotopic (exact) mass is 659 g/mol. The molecule has 248 valence electrons. The average Bonchev–Trinajstić information content (AvgIpc) is 3.64. The molecule has 1 N–H and O–H groups in total. The number of aliphatic hydroxyl groups is 1. The molecule has 5 aromatic rings. The first kappa shape index (κ1) is 32.0. The quantitative estimate of drug-likeness (QED) is 0.167. The van der Waals surface area contributed by atoms with Crippen LogP contribution in [0.5, 0.6) is 11.5 Å². The van der Waals surface area contributed by atoms with E-state index >= 15 is 0 Å². The van der Waals surface area contributed by atoms with Gasteiger partial charge in [-0.05, 0) is 59.2 Å². The van der Waals surface area contributed by atoms with E-state index in [-0.39, 0.29) is 30.0 Å². The van der Waals surface area contributed by atoms with Crippen LogP contribution in [0.1, 0.15) is 50.1 Å². The second-order valence-electron chi connectivity index (χ2n) is 11.7. The summed E-state index contributed by atoms with van der Waals surface area (Å²) in [7, 11) is 3.21. The van der Waals surface area contributed by atoms with Crippen LogP contribution in [-0.2, 0) is 15.1 Å². The van der Waals surface area contributed by atoms with Gasteiger partial charge in [0.25, 0.3) is 11.8 Å². The van der Waals surface area contributed by atoms with Crippen molar-refractivity contribution in [2.45, 2.75) is 30.5 Å². The van der Waals surface area contributed by atoms with Crippen LogP contribution in [0.25, 0.3) is 0 Å². The SMILES string of the molecule is COc1ccc(C(OC[C@H]2O[C@@H](n3ccc(N4C(=O)c5ccccc5C4=O)nc3=O)C[C@@H]2O)(c2ccccc2)c2ccc(OC)cc2)cc1. The topological polar surface area (TPSA) is 129 Å². The molecule has 2 aliphatic rings. The van der Waals surface area contributed by atoms with Crippen LogP contribution >= 0.6 is 0 Å². The molecule has 49 heavy (non-hydrogen) atoms. The van der Waals surface area contributed by atoms with E-state index < -0.39 is 41.5 Å². The van der Waals surface area contributed by atoms with E-state index in [9.17, 15) is 19.5 Å². The molecule has 0 spiro atoms. The van der Waals surface area contributed by atoms with E-state index in [0.717, 1.165) is 21.6 Å². The Hall–Kier alpha value is -5.62. The van der Waals surface area contributed by atoms with Gasteiger partial charge in [-0.15, -0.1) is 0 Å². The summed E-state index contributed by atoms with van der Waals surface area (Å²) in [5.41, 5.74) is 1.11. The van der Waals surface area contributed by atoms with Crippen LogP contribution in [0.15, 0.2) is 120 Å². The van der Waals surface area contributed by atoms with Crippen molar-refractivity contribution < 1.29 is 33.6 Å². The van der Waals surface area contributed by atoms with Crippen molar-refractivity contribution in [1.29, 1.82) is 0 Å². The number of benzene rings is 4. The van der Waals surface area contributed by atoms with Gasteiger partial charge in [0.1, 0.15) is 35.2 Å². The first-order valence-electron chi connectivity index (χ1n) is 15.7. The largest absolute Gasteiger partial charge is 0.497 e. The number of amides is 2. The number of fused-ring (bicyclic) bond motifs is 1. The van der Waals surface area contributed by atoms with Crippen molar-refractivity contribution in [2.24, 2.45) is 0 Å². The molecule has 11 nitrogen and oxygen atoms in total. The summed E-state index contributed by atoms with van der Waals surface area (Å²) in [6.45, 7) is -0.0417. The summed E-state index contributed by atoms with van der Waals surface area (Å²) in [4.78, 5) is 44.1. The summed E-state index contributed by atoms with van der Waals surface area (Å²) in [6.07, 6.45) is -1.16. The van der Waals surface area contributed by atoms with E-state index in [1.54, 1.807) is 38.5 Å². The molecule has 1 fully saturated rings. The molecule has 0 aliphatic carbocycles. The number of carbonyl (C=O) groups is 2. The van der Waals surface area contributed by atoms with Gasteiger partial charge in [0.05, 0.1) is 38.1 Å². The standard InChI is InChI=1S/C38H33N3O8/c1-46-27-16-12-25(13-17-27)38(24-8-4-3-5-9-24,26-14-18-28(47-2)19-15-26)48-23-32-31(42)22-34(49-32)40-21-20-33(39-37(40)45)41-35(43)29-10-6-7-11-30(29)36(41)44/h3-21,31-32,34,42H,22-23H2,1-2H3/t31-,32+,34+/m0/s1. The number of hydrogen-bond acceptors (Lipinski definition) is 9. The number of imide groups is 1.